The summed E-state index contributed by atoms with van der Waals surface area (Å²) < 4.78 is 5.55. The van der Waals surface area contributed by atoms with Gasteiger partial charge in [0.05, 0.1) is 11.1 Å². The van der Waals surface area contributed by atoms with Crippen LogP contribution in [0.4, 0.5) is 5.69 Å². The number of nitrogens with zero attached hydrogens (tertiary/aromatic N) is 1. The molecule has 178 valence electrons. The maximum atomic E-state index is 12.7. The minimum absolute atomic E-state index is 0.00751. The summed E-state index contributed by atoms with van der Waals surface area (Å²) in [6.45, 7) is 7.74. The molecule has 0 radical (unpaired) electrons. The second-order valence-corrected chi connectivity index (χ2v) is 8.29. The van der Waals surface area contributed by atoms with E-state index in [0.717, 1.165) is 51.0 Å². The first-order chi connectivity index (χ1) is 16.0. The number of benzene rings is 1. The molecule has 3 N–H and O–H groups in total. The van der Waals surface area contributed by atoms with Gasteiger partial charge < -0.3 is 25.3 Å². The van der Waals surface area contributed by atoms with E-state index in [1.165, 1.54) is 0 Å². The van der Waals surface area contributed by atoms with Gasteiger partial charge in [-0.05, 0) is 63.0 Å². The van der Waals surface area contributed by atoms with E-state index in [1.807, 2.05) is 0 Å². The molecule has 1 aliphatic rings. The van der Waals surface area contributed by atoms with E-state index in [-0.39, 0.29) is 24.2 Å². The Kier molecular flexibility index (Phi) is 9.06. The van der Waals surface area contributed by atoms with E-state index >= 15 is 0 Å². The summed E-state index contributed by atoms with van der Waals surface area (Å²) in [5, 5.41) is 5.70. The summed E-state index contributed by atoms with van der Waals surface area (Å²) in [5.41, 5.74) is 2.31. The molecule has 0 fully saturated rings. The number of aryl methyl sites for hydroxylation is 1. The van der Waals surface area contributed by atoms with Crippen LogP contribution in [0.15, 0.2) is 30.5 Å². The highest BCUT2D eigenvalue weighted by Crippen LogP contribution is 2.25. The van der Waals surface area contributed by atoms with E-state index in [4.69, 9.17) is 4.74 Å². The van der Waals surface area contributed by atoms with Crippen molar-refractivity contribution >= 4 is 23.3 Å². The van der Waals surface area contributed by atoms with Crippen molar-refractivity contribution in [2.75, 3.05) is 38.1 Å². The fourth-order valence-electron chi connectivity index (χ4n) is 4.07. The van der Waals surface area contributed by atoms with Crippen LogP contribution in [0, 0.1) is 0 Å². The monoisotopic (exact) mass is 454 g/mol. The Hall–Kier alpha value is -3.13. The number of rotatable bonds is 12. The van der Waals surface area contributed by atoms with Crippen molar-refractivity contribution in [3.63, 3.8) is 0 Å². The van der Waals surface area contributed by atoms with Crippen molar-refractivity contribution in [2.24, 2.45) is 0 Å². The molecule has 1 aliphatic carbocycles. The number of carbonyl (C=O) groups is 3. The molecule has 2 aromatic rings. The molecule has 0 atom stereocenters. The zero-order chi connectivity index (χ0) is 23.6. The average molecular weight is 455 g/mol. The molecule has 8 nitrogen and oxygen atoms in total. The summed E-state index contributed by atoms with van der Waals surface area (Å²) in [7, 11) is 0. The minimum atomic E-state index is -0.323. The normalized spacial score (nSPS) is 13.0. The third-order valence-corrected chi connectivity index (χ3v) is 5.63. The van der Waals surface area contributed by atoms with Crippen LogP contribution >= 0.6 is 0 Å². The van der Waals surface area contributed by atoms with Gasteiger partial charge in [-0.1, -0.05) is 13.8 Å². The fraction of sp³-hybridized carbons (Fsp3) is 0.480. The second kappa shape index (κ2) is 12.2. The summed E-state index contributed by atoms with van der Waals surface area (Å²) in [5.74, 6) is 0.0577. The summed E-state index contributed by atoms with van der Waals surface area (Å²) >= 11 is 0. The highest BCUT2D eigenvalue weighted by atomic mass is 16.5. The summed E-state index contributed by atoms with van der Waals surface area (Å²) in [6.07, 6.45) is 5.86. The van der Waals surface area contributed by atoms with Crippen molar-refractivity contribution in [1.29, 1.82) is 0 Å². The maximum absolute atomic E-state index is 12.7. The minimum Gasteiger partial charge on any atom is -0.484 e. The summed E-state index contributed by atoms with van der Waals surface area (Å²) in [6, 6.07) is 6.81. The van der Waals surface area contributed by atoms with Crippen LogP contribution in [0.5, 0.6) is 5.75 Å². The Morgan fingerprint density at radius 1 is 1.06 bits per heavy atom. The number of hydrogen-bond acceptors (Lipinski definition) is 5. The number of hydrogen-bond donors (Lipinski definition) is 3. The van der Waals surface area contributed by atoms with Gasteiger partial charge in [0.15, 0.2) is 12.4 Å². The van der Waals surface area contributed by atoms with E-state index in [2.05, 4.69) is 34.4 Å². The van der Waals surface area contributed by atoms with Crippen LogP contribution in [0.1, 0.15) is 65.9 Å². The van der Waals surface area contributed by atoms with Crippen molar-refractivity contribution in [1.82, 2.24) is 15.2 Å². The zero-order valence-electron chi connectivity index (χ0n) is 19.5. The lowest BCUT2D eigenvalue weighted by Crippen LogP contribution is -2.37. The molecule has 3 rings (SSSR count). The molecule has 0 spiro atoms. The van der Waals surface area contributed by atoms with Crippen molar-refractivity contribution in [2.45, 2.75) is 46.0 Å². The van der Waals surface area contributed by atoms with E-state index in [9.17, 15) is 14.4 Å². The largest absolute Gasteiger partial charge is 0.484 e. The van der Waals surface area contributed by atoms with Gasteiger partial charge in [-0.25, -0.2) is 0 Å². The van der Waals surface area contributed by atoms with Gasteiger partial charge in [0, 0.05) is 37.1 Å². The fourth-order valence-corrected chi connectivity index (χ4v) is 4.07. The van der Waals surface area contributed by atoms with Crippen molar-refractivity contribution in [3.8, 4) is 5.75 Å². The molecule has 8 heteroatoms. The number of Topliss-reactive ketones (excluding diaryl/α,β-unsaturated/α-hetero) is 1. The maximum Gasteiger partial charge on any atom is 0.257 e. The van der Waals surface area contributed by atoms with E-state index in [1.54, 1.807) is 30.5 Å². The molecule has 0 saturated heterocycles. The smallest absolute Gasteiger partial charge is 0.257 e. The number of amides is 2. The number of aromatic amines is 1. The molecule has 1 heterocycles. The molecule has 2 amide bonds. The number of fused-ring (bicyclic) bond motifs is 1. The Bertz CT molecular complexity index is 946. The average Bonchev–Trinajstić information content (AvgIpc) is 3.25. The number of ketones is 1. The van der Waals surface area contributed by atoms with Gasteiger partial charge in [-0.3, -0.25) is 14.4 Å². The molecule has 0 aliphatic heterocycles. The molecular formula is C25H34N4O4. The molecular weight excluding hydrogens is 420 g/mol. The number of anilines is 1. The van der Waals surface area contributed by atoms with Gasteiger partial charge in [0.2, 0.25) is 0 Å². The molecule has 1 aromatic carbocycles. The van der Waals surface area contributed by atoms with Gasteiger partial charge in [-0.2, -0.15) is 0 Å². The highest BCUT2D eigenvalue weighted by Gasteiger charge is 2.25. The topological polar surface area (TPSA) is 104 Å². The third-order valence-electron chi connectivity index (χ3n) is 5.63. The molecule has 0 saturated carbocycles. The quantitative estimate of drug-likeness (QED) is 0.456. The van der Waals surface area contributed by atoms with E-state index < -0.39 is 0 Å². The number of ether oxygens (including phenoxy) is 1. The Balaban J connectivity index is 1.44. The predicted molar refractivity (Wildman–Crippen MR) is 128 cm³/mol. The lowest BCUT2D eigenvalue weighted by atomic mass is 9.93. The van der Waals surface area contributed by atoms with Gasteiger partial charge in [0.25, 0.3) is 11.8 Å². The van der Waals surface area contributed by atoms with Crippen molar-refractivity contribution in [3.05, 3.63) is 47.3 Å². The molecule has 33 heavy (non-hydrogen) atoms. The van der Waals surface area contributed by atoms with Crippen molar-refractivity contribution < 1.29 is 19.1 Å². The number of carbonyl (C=O) groups excluding carboxylic acids is 3. The Labute approximate surface area is 195 Å². The van der Waals surface area contributed by atoms with Crippen LogP contribution in [0.3, 0.4) is 0 Å². The van der Waals surface area contributed by atoms with Gasteiger partial charge in [-0.15, -0.1) is 0 Å². The lowest BCUT2D eigenvalue weighted by Gasteiger charge is -2.20. The molecule has 0 bridgehead atoms. The number of nitrogens with one attached hydrogen (secondary N) is 3. The SMILES string of the molecule is CCCN(CCC)CCNC(=O)COc1ccc(NC(=O)c2c[nH]c3c2C(=O)CCC3)cc1. The van der Waals surface area contributed by atoms with Gasteiger partial charge in [0.1, 0.15) is 5.75 Å². The van der Waals surface area contributed by atoms with Crippen LogP contribution in [-0.4, -0.2) is 60.3 Å². The molecule has 0 unspecified atom stereocenters. The van der Waals surface area contributed by atoms with Crippen LogP contribution in [-0.2, 0) is 11.2 Å². The number of H-pyrrole nitrogens is 1. The first-order valence-corrected chi connectivity index (χ1v) is 11.8. The first-order valence-electron chi connectivity index (χ1n) is 11.8. The Morgan fingerprint density at radius 3 is 2.48 bits per heavy atom. The standard InChI is InChI=1S/C25H34N4O4/c1-3-13-29(14-4-2)15-12-26-23(31)17-33-19-10-8-18(9-11-19)28-25(32)20-16-27-21-6-5-7-22(30)24(20)21/h8-11,16,27H,3-7,12-15,17H2,1-2H3,(H,26,31)(H,28,32). The van der Waals surface area contributed by atoms with Crippen LogP contribution in [0.2, 0.25) is 0 Å². The van der Waals surface area contributed by atoms with Crippen LogP contribution < -0.4 is 15.4 Å². The second-order valence-electron chi connectivity index (χ2n) is 8.29. The lowest BCUT2D eigenvalue weighted by molar-refractivity contribution is -0.123. The first kappa shape index (κ1) is 24.5. The van der Waals surface area contributed by atoms with E-state index in [0.29, 0.717) is 35.5 Å². The predicted octanol–water partition coefficient (Wildman–Crippen LogP) is 3.40. The Morgan fingerprint density at radius 2 is 1.79 bits per heavy atom. The third kappa shape index (κ3) is 6.92. The van der Waals surface area contributed by atoms with Gasteiger partial charge >= 0.3 is 0 Å². The number of aromatic nitrogens is 1. The summed E-state index contributed by atoms with van der Waals surface area (Å²) in [4.78, 5) is 42.3. The molecule has 1 aromatic heterocycles. The zero-order valence-corrected chi connectivity index (χ0v) is 19.5. The highest BCUT2D eigenvalue weighted by molar-refractivity contribution is 6.13. The van der Waals surface area contributed by atoms with Crippen LogP contribution in [0.25, 0.3) is 0 Å².